The van der Waals surface area contributed by atoms with Crippen LogP contribution in [0.1, 0.15) is 5.56 Å². The molecule has 0 unspecified atom stereocenters. The van der Waals surface area contributed by atoms with E-state index in [2.05, 4.69) is 41.2 Å². The lowest BCUT2D eigenvalue weighted by Crippen LogP contribution is -2.12. The summed E-state index contributed by atoms with van der Waals surface area (Å²) in [6.07, 6.45) is 1.56. The van der Waals surface area contributed by atoms with Crippen LogP contribution in [-0.4, -0.2) is 31.2 Å². The number of ether oxygens (including phenoxy) is 2. The summed E-state index contributed by atoms with van der Waals surface area (Å²) in [5, 5.41) is 0.910. The van der Waals surface area contributed by atoms with Gasteiger partial charge in [0.2, 0.25) is 0 Å². The second-order valence-corrected chi connectivity index (χ2v) is 5.32. The van der Waals surface area contributed by atoms with Gasteiger partial charge in [0.05, 0.1) is 19.7 Å². The maximum absolute atomic E-state index is 5.40. The van der Waals surface area contributed by atoms with Gasteiger partial charge in [0.25, 0.3) is 0 Å². The highest BCUT2D eigenvalue weighted by Crippen LogP contribution is 2.36. The Hall–Kier alpha value is -2.53. The predicted molar refractivity (Wildman–Crippen MR) is 99.1 cm³/mol. The fourth-order valence-corrected chi connectivity index (χ4v) is 2.53. The molecule has 0 N–H and O–H groups in total. The zero-order valence-electron chi connectivity index (χ0n) is 14.1. The van der Waals surface area contributed by atoms with Gasteiger partial charge >= 0.3 is 0 Å². The summed E-state index contributed by atoms with van der Waals surface area (Å²) in [7, 11) is 5.23. The molecule has 1 aromatic heterocycles. The highest BCUT2D eigenvalue weighted by molar-refractivity contribution is 5.93. The van der Waals surface area contributed by atoms with Gasteiger partial charge in [0.15, 0.2) is 11.5 Å². The number of aromatic nitrogens is 2. The second-order valence-electron chi connectivity index (χ2n) is 5.32. The summed E-state index contributed by atoms with van der Waals surface area (Å²) in [6.45, 7) is 2.07. The molecule has 0 fully saturated rings. The summed E-state index contributed by atoms with van der Waals surface area (Å²) < 4.78 is 10.7. The van der Waals surface area contributed by atoms with Crippen LogP contribution in [0.25, 0.3) is 10.9 Å². The number of rotatable bonds is 4. The van der Waals surface area contributed by atoms with Crippen LogP contribution >= 0.6 is 12.4 Å². The van der Waals surface area contributed by atoms with E-state index in [0.717, 1.165) is 22.4 Å². The van der Waals surface area contributed by atoms with Crippen molar-refractivity contribution in [3.63, 3.8) is 0 Å². The van der Waals surface area contributed by atoms with Gasteiger partial charge in [0.1, 0.15) is 12.1 Å². The molecule has 24 heavy (non-hydrogen) atoms. The molecule has 0 amide bonds. The van der Waals surface area contributed by atoms with Crippen molar-refractivity contribution < 1.29 is 9.47 Å². The average molecular weight is 346 g/mol. The highest BCUT2D eigenvalue weighted by Gasteiger charge is 2.14. The van der Waals surface area contributed by atoms with Crippen LogP contribution in [0, 0.1) is 6.92 Å². The molecule has 1 heterocycles. The molecule has 6 heteroatoms. The standard InChI is InChI=1S/C18H19N3O2.ClH/c1-12-5-7-13(8-6-12)21(2)18-14-9-16(22-3)17(23-4)10-15(14)19-11-20-18;/h5-11H,1-4H3;1H. The molecular weight excluding hydrogens is 326 g/mol. The molecule has 0 saturated heterocycles. The van der Waals surface area contributed by atoms with Crippen molar-refractivity contribution in [3.05, 3.63) is 48.3 Å². The van der Waals surface area contributed by atoms with E-state index in [1.54, 1.807) is 20.5 Å². The SMILES string of the molecule is COc1cc2ncnc(N(C)c3ccc(C)cc3)c2cc1OC.Cl. The number of anilines is 2. The van der Waals surface area contributed by atoms with E-state index in [-0.39, 0.29) is 12.4 Å². The number of hydrogen-bond acceptors (Lipinski definition) is 5. The third-order valence-corrected chi connectivity index (χ3v) is 3.86. The Morgan fingerprint density at radius 3 is 2.17 bits per heavy atom. The molecule has 126 valence electrons. The number of fused-ring (bicyclic) bond motifs is 1. The third-order valence-electron chi connectivity index (χ3n) is 3.86. The zero-order valence-corrected chi connectivity index (χ0v) is 14.9. The van der Waals surface area contributed by atoms with E-state index >= 15 is 0 Å². The van der Waals surface area contributed by atoms with E-state index in [9.17, 15) is 0 Å². The lowest BCUT2D eigenvalue weighted by Gasteiger charge is -2.20. The minimum absolute atomic E-state index is 0. The number of nitrogens with zero attached hydrogens (tertiary/aromatic N) is 3. The Kier molecular flexibility index (Phi) is 5.46. The molecule has 2 aromatic carbocycles. The van der Waals surface area contributed by atoms with Gasteiger partial charge in [-0.3, -0.25) is 0 Å². The summed E-state index contributed by atoms with van der Waals surface area (Å²) in [5.41, 5.74) is 3.10. The van der Waals surface area contributed by atoms with Crippen molar-refractivity contribution in [2.24, 2.45) is 0 Å². The van der Waals surface area contributed by atoms with Crippen LogP contribution in [0.15, 0.2) is 42.7 Å². The van der Waals surface area contributed by atoms with Gasteiger partial charge in [-0.2, -0.15) is 0 Å². The predicted octanol–water partition coefficient (Wildman–Crippen LogP) is 4.15. The topological polar surface area (TPSA) is 47.5 Å². The molecular formula is C18H20ClN3O2. The Balaban J connectivity index is 0.00000208. The molecule has 3 aromatic rings. The van der Waals surface area contributed by atoms with Crippen LogP contribution in [0.5, 0.6) is 11.5 Å². The summed E-state index contributed by atoms with van der Waals surface area (Å²) in [6, 6.07) is 12.1. The van der Waals surface area contributed by atoms with Crippen molar-refractivity contribution in [1.82, 2.24) is 9.97 Å². The molecule has 0 spiro atoms. The van der Waals surface area contributed by atoms with E-state index in [0.29, 0.717) is 11.5 Å². The first-order valence-corrected chi connectivity index (χ1v) is 7.31. The third kappa shape index (κ3) is 3.21. The Morgan fingerprint density at radius 2 is 1.54 bits per heavy atom. The van der Waals surface area contributed by atoms with E-state index < -0.39 is 0 Å². The van der Waals surface area contributed by atoms with Crippen LogP contribution in [0.3, 0.4) is 0 Å². The van der Waals surface area contributed by atoms with Gasteiger partial charge < -0.3 is 14.4 Å². The monoisotopic (exact) mass is 345 g/mol. The van der Waals surface area contributed by atoms with Gasteiger partial charge in [-0.15, -0.1) is 12.4 Å². The van der Waals surface area contributed by atoms with Gasteiger partial charge in [0, 0.05) is 24.2 Å². The number of benzene rings is 2. The summed E-state index contributed by atoms with van der Waals surface area (Å²) >= 11 is 0. The lowest BCUT2D eigenvalue weighted by atomic mass is 10.1. The van der Waals surface area contributed by atoms with Crippen LogP contribution in [0.2, 0.25) is 0 Å². The molecule has 0 radical (unpaired) electrons. The second kappa shape index (κ2) is 7.36. The first-order valence-electron chi connectivity index (χ1n) is 7.31. The first kappa shape index (κ1) is 17.8. The fourth-order valence-electron chi connectivity index (χ4n) is 2.53. The number of aryl methyl sites for hydroxylation is 1. The molecule has 0 atom stereocenters. The van der Waals surface area contributed by atoms with Gasteiger partial charge in [-0.05, 0) is 25.1 Å². The maximum Gasteiger partial charge on any atom is 0.162 e. The van der Waals surface area contributed by atoms with Crippen molar-refractivity contribution in [1.29, 1.82) is 0 Å². The molecule has 3 rings (SSSR count). The smallest absolute Gasteiger partial charge is 0.162 e. The van der Waals surface area contributed by atoms with Crippen LogP contribution in [0.4, 0.5) is 11.5 Å². The van der Waals surface area contributed by atoms with E-state index in [1.807, 2.05) is 24.1 Å². The molecule has 0 aliphatic heterocycles. The molecule has 0 bridgehead atoms. The quantitative estimate of drug-likeness (QED) is 0.711. The highest BCUT2D eigenvalue weighted by atomic mass is 35.5. The molecule has 0 aliphatic rings. The van der Waals surface area contributed by atoms with Crippen molar-refractivity contribution >= 4 is 34.8 Å². The normalized spacial score (nSPS) is 10.2. The fraction of sp³-hybridized carbons (Fsp3) is 0.222. The molecule has 0 aliphatic carbocycles. The van der Waals surface area contributed by atoms with Crippen LogP contribution in [-0.2, 0) is 0 Å². The van der Waals surface area contributed by atoms with E-state index in [4.69, 9.17) is 9.47 Å². The van der Waals surface area contributed by atoms with Crippen molar-refractivity contribution in [2.75, 3.05) is 26.2 Å². The van der Waals surface area contributed by atoms with Gasteiger partial charge in [-0.25, -0.2) is 9.97 Å². The number of halogens is 1. The largest absolute Gasteiger partial charge is 0.493 e. The Labute approximate surface area is 147 Å². The Bertz CT molecular complexity index is 838. The summed E-state index contributed by atoms with van der Waals surface area (Å²) in [4.78, 5) is 10.8. The average Bonchev–Trinajstić information content (AvgIpc) is 2.60. The lowest BCUT2D eigenvalue weighted by molar-refractivity contribution is 0.356. The van der Waals surface area contributed by atoms with Crippen LogP contribution < -0.4 is 14.4 Å². The van der Waals surface area contributed by atoms with E-state index in [1.165, 1.54) is 5.56 Å². The minimum atomic E-state index is 0. The molecule has 0 saturated carbocycles. The maximum atomic E-state index is 5.40. The summed E-state index contributed by atoms with van der Waals surface area (Å²) in [5.74, 6) is 2.14. The zero-order chi connectivity index (χ0) is 16.4. The number of hydrogen-bond donors (Lipinski definition) is 0. The van der Waals surface area contributed by atoms with Crippen molar-refractivity contribution in [3.8, 4) is 11.5 Å². The van der Waals surface area contributed by atoms with Crippen molar-refractivity contribution in [2.45, 2.75) is 6.92 Å². The minimum Gasteiger partial charge on any atom is -0.493 e. The Morgan fingerprint density at radius 1 is 0.917 bits per heavy atom. The number of methoxy groups -OCH3 is 2. The van der Waals surface area contributed by atoms with Gasteiger partial charge in [-0.1, -0.05) is 17.7 Å². The first-order chi connectivity index (χ1) is 11.1. The molecule has 5 nitrogen and oxygen atoms in total.